The zero-order chi connectivity index (χ0) is 15.5. The van der Waals surface area contributed by atoms with Crippen LogP contribution in [-0.4, -0.2) is 0 Å². The van der Waals surface area contributed by atoms with E-state index in [2.05, 4.69) is 74.5 Å². The summed E-state index contributed by atoms with van der Waals surface area (Å²) >= 11 is 0. The van der Waals surface area contributed by atoms with Crippen molar-refractivity contribution in [3.8, 4) is 0 Å². The molecule has 0 bridgehead atoms. The van der Waals surface area contributed by atoms with E-state index in [1.807, 2.05) is 0 Å². The van der Waals surface area contributed by atoms with E-state index < -0.39 is 0 Å². The van der Waals surface area contributed by atoms with Crippen LogP contribution in [0.1, 0.15) is 57.1 Å². The van der Waals surface area contributed by atoms with Crippen LogP contribution >= 0.6 is 0 Å². The van der Waals surface area contributed by atoms with Crippen molar-refractivity contribution in [2.75, 3.05) is 0 Å². The van der Waals surface area contributed by atoms with Crippen molar-refractivity contribution in [1.82, 2.24) is 0 Å². The average molecular weight is 294 g/mol. The van der Waals surface area contributed by atoms with Crippen LogP contribution in [0.4, 0.5) is 0 Å². The molecule has 0 aromatic heterocycles. The second kappa shape index (κ2) is 6.26. The molecule has 2 unspecified atom stereocenters. The van der Waals surface area contributed by atoms with Crippen molar-refractivity contribution < 1.29 is 4.74 Å². The lowest BCUT2D eigenvalue weighted by Crippen LogP contribution is -2.23. The summed E-state index contributed by atoms with van der Waals surface area (Å²) in [5.74, 6) is 0. The van der Waals surface area contributed by atoms with E-state index in [1.54, 1.807) is 0 Å². The molecule has 0 N–H and O–H groups in total. The fourth-order valence-electron chi connectivity index (χ4n) is 3.84. The third-order valence-electron chi connectivity index (χ3n) is 4.92. The number of hydrogen-bond acceptors (Lipinski definition) is 1. The van der Waals surface area contributed by atoms with Crippen LogP contribution in [0.3, 0.4) is 0 Å². The maximum Gasteiger partial charge on any atom is 0.128 e. The Hall–Kier alpha value is -1.60. The number of rotatable bonds is 7. The summed E-state index contributed by atoms with van der Waals surface area (Å²) in [6.45, 7) is 4.51. The fourth-order valence-corrected chi connectivity index (χ4v) is 3.84. The van der Waals surface area contributed by atoms with Gasteiger partial charge in [-0.3, -0.25) is 0 Å². The topological polar surface area (TPSA) is 12.5 Å². The molecule has 1 heteroatoms. The smallest absolute Gasteiger partial charge is 0.128 e. The number of benzene rings is 2. The first-order valence-electron chi connectivity index (χ1n) is 8.60. The molecule has 1 aliphatic heterocycles. The molecule has 1 fully saturated rings. The van der Waals surface area contributed by atoms with E-state index in [9.17, 15) is 0 Å². The van der Waals surface area contributed by atoms with Crippen LogP contribution in [0.2, 0.25) is 0 Å². The first-order chi connectivity index (χ1) is 10.8. The second-order valence-electron chi connectivity index (χ2n) is 6.34. The minimum Gasteiger partial charge on any atom is -0.352 e. The summed E-state index contributed by atoms with van der Waals surface area (Å²) < 4.78 is 6.61. The zero-order valence-corrected chi connectivity index (χ0v) is 13.7. The van der Waals surface area contributed by atoms with Crippen LogP contribution in [0.15, 0.2) is 60.7 Å². The molecule has 2 aromatic carbocycles. The summed E-state index contributed by atoms with van der Waals surface area (Å²) in [5, 5.41) is 0. The Bertz CT molecular complexity index is 592. The first kappa shape index (κ1) is 15.3. The Labute approximate surface area is 134 Å². The van der Waals surface area contributed by atoms with E-state index >= 15 is 0 Å². The van der Waals surface area contributed by atoms with Crippen molar-refractivity contribution >= 4 is 0 Å². The number of ether oxygens (including phenoxy) is 1. The van der Waals surface area contributed by atoms with E-state index in [4.69, 9.17) is 4.74 Å². The Balaban J connectivity index is 2.04. The van der Waals surface area contributed by atoms with Gasteiger partial charge in [-0.05, 0) is 24.0 Å². The first-order valence-corrected chi connectivity index (χ1v) is 8.60. The summed E-state index contributed by atoms with van der Waals surface area (Å²) in [5.41, 5.74) is 2.39. The van der Waals surface area contributed by atoms with Crippen LogP contribution in [0.5, 0.6) is 0 Å². The molecular formula is C21H26O. The molecule has 2 atom stereocenters. The Morgan fingerprint density at radius 2 is 1.18 bits per heavy atom. The van der Waals surface area contributed by atoms with Gasteiger partial charge in [-0.1, -0.05) is 93.8 Å². The van der Waals surface area contributed by atoms with Crippen LogP contribution in [0, 0.1) is 0 Å². The molecule has 1 aliphatic rings. The van der Waals surface area contributed by atoms with Gasteiger partial charge in [0, 0.05) is 0 Å². The van der Waals surface area contributed by atoms with Crippen molar-refractivity contribution in [1.29, 1.82) is 0 Å². The standard InChI is InChI=1S/C21H26O/c1-3-5-17-21(19-14-10-7-11-15-19)20(22-21,16-4-2)18-12-8-6-9-13-18/h6-15H,3-5,16-17H2,1-2H3. The minimum atomic E-state index is -0.139. The minimum absolute atomic E-state index is 0.137. The summed E-state index contributed by atoms with van der Waals surface area (Å²) in [6.07, 6.45) is 5.72. The third-order valence-corrected chi connectivity index (χ3v) is 4.92. The maximum atomic E-state index is 6.61. The molecule has 0 spiro atoms. The highest BCUT2D eigenvalue weighted by atomic mass is 16.6. The van der Waals surface area contributed by atoms with Crippen molar-refractivity contribution in [2.45, 2.75) is 57.2 Å². The Morgan fingerprint density at radius 1 is 0.682 bits per heavy atom. The van der Waals surface area contributed by atoms with Crippen LogP contribution in [-0.2, 0) is 15.9 Å². The molecule has 1 nitrogen and oxygen atoms in total. The number of epoxide rings is 1. The average Bonchev–Trinajstić information content (AvgIpc) is 3.25. The van der Waals surface area contributed by atoms with E-state index in [0.29, 0.717) is 0 Å². The lowest BCUT2D eigenvalue weighted by molar-refractivity contribution is 0.246. The van der Waals surface area contributed by atoms with Crippen molar-refractivity contribution in [3.05, 3.63) is 71.8 Å². The highest BCUT2D eigenvalue weighted by Crippen LogP contribution is 2.66. The second-order valence-corrected chi connectivity index (χ2v) is 6.34. The van der Waals surface area contributed by atoms with Gasteiger partial charge in [-0.2, -0.15) is 0 Å². The summed E-state index contributed by atoms with van der Waals surface area (Å²) in [4.78, 5) is 0. The molecule has 1 saturated heterocycles. The van der Waals surface area contributed by atoms with E-state index in [-0.39, 0.29) is 11.2 Å². The summed E-state index contributed by atoms with van der Waals surface area (Å²) in [6, 6.07) is 21.6. The number of unbranched alkanes of at least 4 members (excludes halogenated alkanes) is 1. The lowest BCUT2D eigenvalue weighted by atomic mass is 9.76. The highest BCUT2D eigenvalue weighted by Gasteiger charge is 2.69. The molecule has 0 saturated carbocycles. The van der Waals surface area contributed by atoms with Gasteiger partial charge in [0.05, 0.1) is 0 Å². The van der Waals surface area contributed by atoms with Gasteiger partial charge < -0.3 is 4.74 Å². The highest BCUT2D eigenvalue weighted by molar-refractivity contribution is 5.41. The maximum absolute atomic E-state index is 6.61. The van der Waals surface area contributed by atoms with Crippen LogP contribution < -0.4 is 0 Å². The molecule has 116 valence electrons. The number of hydrogen-bond donors (Lipinski definition) is 0. The predicted molar refractivity (Wildman–Crippen MR) is 91.8 cm³/mol. The molecule has 1 heterocycles. The molecule has 22 heavy (non-hydrogen) atoms. The van der Waals surface area contributed by atoms with Crippen molar-refractivity contribution in [3.63, 3.8) is 0 Å². The molecule has 0 aliphatic carbocycles. The van der Waals surface area contributed by atoms with E-state index in [0.717, 1.165) is 19.3 Å². The van der Waals surface area contributed by atoms with Crippen LogP contribution in [0.25, 0.3) is 0 Å². The quantitative estimate of drug-likeness (QED) is 0.588. The molecule has 0 radical (unpaired) electrons. The molecule has 0 amide bonds. The predicted octanol–water partition coefficient (Wildman–Crippen LogP) is 5.80. The normalized spacial score (nSPS) is 26.8. The SMILES string of the molecule is CCCCC1(c2ccccc2)OC1(CCC)c1ccccc1. The van der Waals surface area contributed by atoms with Crippen molar-refractivity contribution in [2.24, 2.45) is 0 Å². The monoisotopic (exact) mass is 294 g/mol. The molecular weight excluding hydrogens is 268 g/mol. The molecule has 3 rings (SSSR count). The van der Waals surface area contributed by atoms with Gasteiger partial charge >= 0.3 is 0 Å². The fraction of sp³-hybridized carbons (Fsp3) is 0.429. The van der Waals surface area contributed by atoms with Gasteiger partial charge in [0.1, 0.15) is 11.2 Å². The third kappa shape index (κ3) is 2.38. The van der Waals surface area contributed by atoms with E-state index in [1.165, 1.54) is 24.0 Å². The molecule has 2 aromatic rings. The van der Waals surface area contributed by atoms with Gasteiger partial charge in [0.2, 0.25) is 0 Å². The lowest BCUT2D eigenvalue weighted by Gasteiger charge is -2.21. The zero-order valence-electron chi connectivity index (χ0n) is 13.7. The summed E-state index contributed by atoms with van der Waals surface area (Å²) in [7, 11) is 0. The van der Waals surface area contributed by atoms with Gasteiger partial charge in [0.15, 0.2) is 0 Å². The van der Waals surface area contributed by atoms with Gasteiger partial charge in [-0.25, -0.2) is 0 Å². The van der Waals surface area contributed by atoms with Gasteiger partial charge in [-0.15, -0.1) is 0 Å². The largest absolute Gasteiger partial charge is 0.352 e. The Morgan fingerprint density at radius 3 is 1.64 bits per heavy atom. The Kier molecular flexibility index (Phi) is 4.35. The van der Waals surface area contributed by atoms with Gasteiger partial charge in [0.25, 0.3) is 0 Å².